The van der Waals surface area contributed by atoms with E-state index in [0.717, 1.165) is 0 Å². The molecule has 7 N–H and O–H groups in total. The van der Waals surface area contributed by atoms with Crippen LogP contribution in [0.3, 0.4) is 0 Å². The minimum Gasteiger partial charge on any atom is -0.395 e. The second-order valence-corrected chi connectivity index (χ2v) is 2.87. The highest BCUT2D eigenvalue weighted by Crippen LogP contribution is 1.80. The molecule has 1 atom stereocenters. The predicted octanol–water partition coefficient (Wildman–Crippen LogP) is -0.0216. The zero-order chi connectivity index (χ0) is 12.2. The monoisotopic (exact) mass is 244 g/mol. The van der Waals surface area contributed by atoms with Gasteiger partial charge in [-0.15, -0.1) is 0 Å². The second-order valence-electron chi connectivity index (χ2n) is 2.87. The molecule has 0 spiro atoms. The van der Waals surface area contributed by atoms with E-state index in [9.17, 15) is 10.1 Å². The zero-order valence-corrected chi connectivity index (χ0v) is 9.66. The summed E-state index contributed by atoms with van der Waals surface area (Å²) in [5.74, 6) is 0. The molecule has 0 aliphatic carbocycles. The Labute approximate surface area is 100 Å². The Morgan fingerprint density at radius 2 is 1.65 bits per heavy atom. The number of rotatable bonds is 5. The molecule has 0 amide bonds. The third-order valence-electron chi connectivity index (χ3n) is 1.64. The van der Waals surface area contributed by atoms with Crippen LogP contribution in [0.2, 0.25) is 0 Å². The lowest BCUT2D eigenvalue weighted by Gasteiger charge is -2.06. The molecule has 0 heterocycles. The van der Waals surface area contributed by atoms with Crippen LogP contribution in [0.1, 0.15) is 0 Å². The van der Waals surface area contributed by atoms with Crippen LogP contribution < -0.4 is 17.2 Å². The first-order valence-electron chi connectivity index (χ1n) is 4.90. The largest absolute Gasteiger partial charge is 0.395 e. The summed E-state index contributed by atoms with van der Waals surface area (Å²) in [6.07, 6.45) is -0.938. The number of aliphatic hydroxyl groups excluding tert-OH is 1. The van der Waals surface area contributed by atoms with Crippen molar-refractivity contribution >= 4 is 0 Å². The molecule has 0 saturated carbocycles. The van der Waals surface area contributed by atoms with Gasteiger partial charge in [0, 0.05) is 11.5 Å². The SMILES string of the molecule is N.NCC(NCCO)[N+](=O)[O-].c1ccccc1. The van der Waals surface area contributed by atoms with Gasteiger partial charge in [0.15, 0.2) is 0 Å². The zero-order valence-electron chi connectivity index (χ0n) is 9.66. The lowest BCUT2D eigenvalue weighted by atomic mass is 10.4. The normalized spacial score (nSPS) is 10.5. The van der Waals surface area contributed by atoms with Crippen LogP contribution in [0.5, 0.6) is 0 Å². The first kappa shape index (κ1) is 17.8. The Morgan fingerprint density at radius 3 is 1.88 bits per heavy atom. The quantitative estimate of drug-likeness (QED) is 0.326. The topological polar surface area (TPSA) is 136 Å². The number of aliphatic hydroxyl groups is 1. The lowest BCUT2D eigenvalue weighted by Crippen LogP contribution is -2.43. The van der Waals surface area contributed by atoms with Gasteiger partial charge in [0.2, 0.25) is 0 Å². The van der Waals surface area contributed by atoms with E-state index < -0.39 is 11.1 Å². The molecule has 1 aromatic rings. The van der Waals surface area contributed by atoms with E-state index >= 15 is 0 Å². The molecule has 0 fully saturated rings. The minimum absolute atomic E-state index is 0. The molecule has 0 radical (unpaired) electrons. The van der Waals surface area contributed by atoms with Gasteiger partial charge in [-0.05, 0) is 0 Å². The summed E-state index contributed by atoms with van der Waals surface area (Å²) in [5.41, 5.74) is 5.03. The second kappa shape index (κ2) is 12.5. The number of hydrogen-bond acceptors (Lipinski definition) is 6. The fourth-order valence-corrected chi connectivity index (χ4v) is 0.860. The van der Waals surface area contributed by atoms with E-state index in [-0.39, 0.29) is 25.8 Å². The molecule has 98 valence electrons. The predicted molar refractivity (Wildman–Crippen MR) is 66.4 cm³/mol. The van der Waals surface area contributed by atoms with Gasteiger partial charge >= 0.3 is 0 Å². The molecule has 1 unspecified atom stereocenters. The maximum absolute atomic E-state index is 10.0. The summed E-state index contributed by atoms with van der Waals surface area (Å²) in [6, 6.07) is 12.0. The number of nitrogens with two attached hydrogens (primary N) is 1. The summed E-state index contributed by atoms with van der Waals surface area (Å²) in [7, 11) is 0. The van der Waals surface area contributed by atoms with Gasteiger partial charge in [-0.2, -0.15) is 0 Å². The summed E-state index contributed by atoms with van der Waals surface area (Å²) in [4.78, 5) is 9.50. The van der Waals surface area contributed by atoms with Crippen molar-refractivity contribution in [1.82, 2.24) is 11.5 Å². The number of hydrogen-bond donors (Lipinski definition) is 4. The van der Waals surface area contributed by atoms with Gasteiger partial charge in [-0.1, -0.05) is 36.4 Å². The van der Waals surface area contributed by atoms with Crippen molar-refractivity contribution in [3.8, 4) is 0 Å². The molecule has 0 aliphatic heterocycles. The summed E-state index contributed by atoms with van der Waals surface area (Å²) in [5, 5.41) is 20.7. The highest BCUT2D eigenvalue weighted by atomic mass is 16.6. The smallest absolute Gasteiger partial charge is 0.278 e. The summed E-state index contributed by atoms with van der Waals surface area (Å²) in [6.45, 7) is 0.0141. The molecular weight excluding hydrogens is 224 g/mol. The molecule has 0 bridgehead atoms. The van der Waals surface area contributed by atoms with Crippen LogP contribution in [0, 0.1) is 10.1 Å². The van der Waals surface area contributed by atoms with Gasteiger partial charge in [0.25, 0.3) is 6.17 Å². The number of nitrogens with zero attached hydrogens (tertiary/aromatic N) is 1. The average Bonchev–Trinajstić information content (AvgIpc) is 2.33. The number of benzene rings is 1. The van der Waals surface area contributed by atoms with E-state index in [1.807, 2.05) is 36.4 Å². The van der Waals surface area contributed by atoms with Crippen molar-refractivity contribution in [2.45, 2.75) is 6.17 Å². The first-order valence-corrected chi connectivity index (χ1v) is 4.90. The lowest BCUT2D eigenvalue weighted by molar-refractivity contribution is -0.526. The van der Waals surface area contributed by atoms with E-state index in [1.54, 1.807) is 0 Å². The molecule has 0 saturated heterocycles. The minimum atomic E-state index is -0.938. The Morgan fingerprint density at radius 1 is 1.24 bits per heavy atom. The van der Waals surface area contributed by atoms with E-state index in [1.165, 1.54) is 0 Å². The third-order valence-corrected chi connectivity index (χ3v) is 1.64. The maximum Gasteiger partial charge on any atom is 0.278 e. The van der Waals surface area contributed by atoms with Crippen molar-refractivity contribution in [2.24, 2.45) is 5.73 Å². The van der Waals surface area contributed by atoms with Gasteiger partial charge in [-0.25, -0.2) is 0 Å². The molecule has 7 heteroatoms. The van der Waals surface area contributed by atoms with Crippen molar-refractivity contribution in [2.75, 3.05) is 19.7 Å². The number of nitrogens with one attached hydrogen (secondary N) is 1. The van der Waals surface area contributed by atoms with Gasteiger partial charge < -0.3 is 17.0 Å². The molecule has 0 aliphatic rings. The average molecular weight is 244 g/mol. The Balaban J connectivity index is 0. The molecule has 1 rings (SSSR count). The Hall–Kier alpha value is -1.54. The van der Waals surface area contributed by atoms with Crippen molar-refractivity contribution < 1.29 is 10.0 Å². The fourth-order valence-electron chi connectivity index (χ4n) is 0.860. The van der Waals surface area contributed by atoms with Crippen molar-refractivity contribution in [1.29, 1.82) is 0 Å². The van der Waals surface area contributed by atoms with E-state index in [0.29, 0.717) is 0 Å². The van der Waals surface area contributed by atoms with Gasteiger partial charge in [0.05, 0.1) is 13.2 Å². The summed E-state index contributed by atoms with van der Waals surface area (Å²) >= 11 is 0. The summed E-state index contributed by atoms with van der Waals surface area (Å²) < 4.78 is 0. The highest BCUT2D eigenvalue weighted by Gasteiger charge is 2.14. The van der Waals surface area contributed by atoms with Crippen LogP contribution >= 0.6 is 0 Å². The van der Waals surface area contributed by atoms with Crippen LogP contribution in [0.4, 0.5) is 0 Å². The van der Waals surface area contributed by atoms with E-state index in [2.05, 4.69) is 5.32 Å². The molecule has 7 nitrogen and oxygen atoms in total. The first-order chi connectivity index (χ1) is 7.72. The third kappa shape index (κ3) is 10.7. The maximum atomic E-state index is 10.0. The molecule has 0 aromatic heterocycles. The van der Waals surface area contributed by atoms with Crippen molar-refractivity contribution in [3.63, 3.8) is 0 Å². The Kier molecular flexibility index (Phi) is 13.2. The van der Waals surface area contributed by atoms with Gasteiger partial charge in [0.1, 0.15) is 0 Å². The Bertz CT molecular complexity index is 245. The van der Waals surface area contributed by atoms with Crippen molar-refractivity contribution in [3.05, 3.63) is 46.5 Å². The van der Waals surface area contributed by atoms with Crippen LogP contribution in [0.15, 0.2) is 36.4 Å². The van der Waals surface area contributed by atoms with Crippen LogP contribution in [-0.4, -0.2) is 35.9 Å². The standard InChI is InChI=1S/C6H6.C4H11N3O3.H3N/c1-2-4-6-5-3-1;5-3-4(7(9)10)6-1-2-8;/h1-6H;4,6,8H,1-3,5H2;1H3. The highest BCUT2D eigenvalue weighted by molar-refractivity contribution is 4.99. The van der Waals surface area contributed by atoms with E-state index in [4.69, 9.17) is 10.8 Å². The van der Waals surface area contributed by atoms with Crippen LogP contribution in [-0.2, 0) is 0 Å². The van der Waals surface area contributed by atoms with Crippen LogP contribution in [0.25, 0.3) is 0 Å². The fraction of sp³-hybridized carbons (Fsp3) is 0.400. The molecule has 1 aromatic carbocycles. The molecular formula is C10H20N4O3. The number of nitro groups is 1. The molecule has 17 heavy (non-hydrogen) atoms. The van der Waals surface area contributed by atoms with Gasteiger partial charge in [-0.3, -0.25) is 15.4 Å².